The third-order valence-electron chi connectivity index (χ3n) is 5.00. The molecule has 1 saturated carbocycles. The molecule has 0 atom stereocenters. The largest absolute Gasteiger partial charge is 0.411 e. The second-order valence-corrected chi connectivity index (χ2v) is 8.97. The van der Waals surface area contributed by atoms with E-state index < -0.39 is 16.0 Å². The highest BCUT2D eigenvalue weighted by Gasteiger charge is 2.25. The van der Waals surface area contributed by atoms with Gasteiger partial charge < -0.3 is 10.5 Å². The van der Waals surface area contributed by atoms with Gasteiger partial charge in [-0.05, 0) is 59.6 Å². The van der Waals surface area contributed by atoms with Crippen LogP contribution < -0.4 is 15.2 Å². The Balaban J connectivity index is 1.60. The second kappa shape index (κ2) is 9.69. The Hall–Kier alpha value is -2.28. The molecular weight excluding hydrogens is 439 g/mol. The van der Waals surface area contributed by atoms with Crippen LogP contribution in [0.1, 0.15) is 36.9 Å². The summed E-state index contributed by atoms with van der Waals surface area (Å²) in [5, 5.41) is 28.6. The van der Waals surface area contributed by atoms with Crippen LogP contribution in [0.25, 0.3) is 0 Å². The predicted molar refractivity (Wildman–Crippen MR) is 108 cm³/mol. The summed E-state index contributed by atoms with van der Waals surface area (Å²) in [6.07, 6.45) is 3.31. The molecule has 13 heteroatoms. The van der Waals surface area contributed by atoms with Gasteiger partial charge >= 0.3 is 0 Å². The summed E-state index contributed by atoms with van der Waals surface area (Å²) in [6.45, 7) is 0.309. The summed E-state index contributed by atoms with van der Waals surface area (Å²) >= 11 is 5.80. The number of oxime groups is 1. The zero-order valence-electron chi connectivity index (χ0n) is 15.9. The Morgan fingerprint density at radius 3 is 2.70 bits per heavy atom. The number of hydrogen-bond acceptors (Lipinski definition) is 8. The molecule has 2 aromatic rings. The normalized spacial score (nSPS) is 20.3. The molecule has 0 spiro atoms. The molecule has 3 rings (SSSR count). The summed E-state index contributed by atoms with van der Waals surface area (Å²) in [5.41, 5.74) is 1.06. The smallest absolute Gasteiger partial charge is 0.274 e. The topological polar surface area (TPSA) is 156 Å². The van der Waals surface area contributed by atoms with Gasteiger partial charge in [0.2, 0.25) is 5.82 Å². The fraction of sp³-hybridized carbons (Fsp3) is 0.471. The van der Waals surface area contributed by atoms with E-state index in [4.69, 9.17) is 21.4 Å². The van der Waals surface area contributed by atoms with Crippen LogP contribution in [0, 0.1) is 11.7 Å². The zero-order valence-corrected chi connectivity index (χ0v) is 17.5. The van der Waals surface area contributed by atoms with Crippen LogP contribution >= 0.6 is 11.6 Å². The second-order valence-electron chi connectivity index (χ2n) is 7.19. The van der Waals surface area contributed by atoms with E-state index in [-0.39, 0.29) is 34.8 Å². The summed E-state index contributed by atoms with van der Waals surface area (Å²) < 4.78 is 42.5. The van der Waals surface area contributed by atoms with Crippen molar-refractivity contribution < 1.29 is 22.6 Å². The fourth-order valence-corrected chi connectivity index (χ4v) is 4.09. The lowest BCUT2D eigenvalue weighted by Crippen LogP contribution is -2.37. The molecule has 0 bridgehead atoms. The maximum atomic E-state index is 13.4. The van der Waals surface area contributed by atoms with Gasteiger partial charge in [0.25, 0.3) is 10.2 Å². The summed E-state index contributed by atoms with van der Waals surface area (Å²) in [4.78, 5) is 0. The zero-order chi connectivity index (χ0) is 21.7. The summed E-state index contributed by atoms with van der Waals surface area (Å²) in [6, 6.07) is 4.28. The van der Waals surface area contributed by atoms with Crippen LogP contribution in [0.2, 0.25) is 5.02 Å². The van der Waals surface area contributed by atoms with Crippen molar-refractivity contribution in [3.63, 3.8) is 0 Å². The van der Waals surface area contributed by atoms with Crippen molar-refractivity contribution in [2.24, 2.45) is 16.2 Å². The minimum absolute atomic E-state index is 0.0323. The van der Waals surface area contributed by atoms with Crippen LogP contribution in [-0.4, -0.2) is 42.2 Å². The van der Waals surface area contributed by atoms with Crippen LogP contribution in [0.15, 0.2) is 28.0 Å². The van der Waals surface area contributed by atoms with E-state index in [0.717, 1.165) is 25.7 Å². The highest BCUT2D eigenvalue weighted by atomic mass is 35.5. The maximum absolute atomic E-state index is 13.4. The SMILES string of the molecule is NS(=O)(=O)NCC1CCC(Nc2nonc2C(Cc2ccc(F)c(Cl)c2)=NO)CC1. The van der Waals surface area contributed by atoms with Crippen molar-refractivity contribution in [2.75, 3.05) is 11.9 Å². The molecule has 1 aliphatic rings. The third kappa shape index (κ3) is 6.11. The Kier molecular flexibility index (Phi) is 7.23. The molecule has 1 aromatic carbocycles. The minimum atomic E-state index is -3.69. The van der Waals surface area contributed by atoms with Gasteiger partial charge in [0.1, 0.15) is 11.5 Å². The molecule has 0 radical (unpaired) electrons. The van der Waals surface area contributed by atoms with E-state index in [9.17, 15) is 18.0 Å². The molecule has 1 fully saturated rings. The van der Waals surface area contributed by atoms with Crippen LogP contribution in [0.4, 0.5) is 10.2 Å². The number of nitrogens with one attached hydrogen (secondary N) is 2. The van der Waals surface area contributed by atoms with Crippen molar-refractivity contribution in [1.29, 1.82) is 0 Å². The van der Waals surface area contributed by atoms with Crippen molar-refractivity contribution in [3.8, 4) is 0 Å². The first kappa shape index (κ1) is 22.4. The highest BCUT2D eigenvalue weighted by Crippen LogP contribution is 2.27. The molecule has 0 saturated heterocycles. The molecule has 0 unspecified atom stereocenters. The van der Waals surface area contributed by atoms with E-state index in [2.05, 4.69) is 25.5 Å². The average Bonchev–Trinajstić information content (AvgIpc) is 3.15. The molecule has 10 nitrogen and oxygen atoms in total. The highest BCUT2D eigenvalue weighted by molar-refractivity contribution is 7.87. The number of anilines is 1. The number of aromatic nitrogens is 2. The molecule has 0 amide bonds. The monoisotopic (exact) mass is 460 g/mol. The van der Waals surface area contributed by atoms with Crippen molar-refractivity contribution >= 4 is 33.3 Å². The molecule has 30 heavy (non-hydrogen) atoms. The Bertz CT molecular complexity index is 1010. The number of rotatable bonds is 8. The molecule has 164 valence electrons. The molecular formula is C17H22ClFN6O4S. The molecule has 1 heterocycles. The Labute approximate surface area is 177 Å². The van der Waals surface area contributed by atoms with Crippen LogP contribution in [0.5, 0.6) is 0 Å². The van der Waals surface area contributed by atoms with E-state index in [1.54, 1.807) is 0 Å². The fourth-order valence-electron chi connectivity index (χ4n) is 3.42. The van der Waals surface area contributed by atoms with Gasteiger partial charge in [0.15, 0.2) is 5.69 Å². The van der Waals surface area contributed by atoms with Gasteiger partial charge in [0, 0.05) is 19.0 Å². The van der Waals surface area contributed by atoms with Gasteiger partial charge in [-0.1, -0.05) is 22.8 Å². The van der Waals surface area contributed by atoms with Crippen molar-refractivity contribution in [3.05, 3.63) is 40.3 Å². The quantitative estimate of drug-likeness (QED) is 0.267. The number of nitrogens with zero attached hydrogens (tertiary/aromatic N) is 3. The first-order valence-electron chi connectivity index (χ1n) is 9.27. The van der Waals surface area contributed by atoms with Crippen molar-refractivity contribution in [1.82, 2.24) is 15.0 Å². The lowest BCUT2D eigenvalue weighted by molar-refractivity contribution is 0.303. The van der Waals surface area contributed by atoms with Gasteiger partial charge in [-0.2, -0.15) is 8.42 Å². The lowest BCUT2D eigenvalue weighted by atomic mass is 9.86. The number of benzene rings is 1. The van der Waals surface area contributed by atoms with E-state index in [1.165, 1.54) is 18.2 Å². The molecule has 5 N–H and O–H groups in total. The lowest BCUT2D eigenvalue weighted by Gasteiger charge is -2.29. The molecule has 1 aromatic heterocycles. The number of halogens is 2. The Morgan fingerprint density at radius 1 is 1.33 bits per heavy atom. The Morgan fingerprint density at radius 2 is 2.07 bits per heavy atom. The van der Waals surface area contributed by atoms with Crippen LogP contribution in [0.3, 0.4) is 0 Å². The molecule has 1 aliphatic carbocycles. The third-order valence-corrected chi connectivity index (χ3v) is 5.86. The predicted octanol–water partition coefficient (Wildman–Crippen LogP) is 2.05. The average molecular weight is 461 g/mol. The van der Waals surface area contributed by atoms with E-state index in [0.29, 0.717) is 17.9 Å². The van der Waals surface area contributed by atoms with Gasteiger partial charge in [-0.3, -0.25) is 0 Å². The minimum Gasteiger partial charge on any atom is -0.411 e. The molecule has 0 aliphatic heterocycles. The number of hydrogen-bond donors (Lipinski definition) is 4. The van der Waals surface area contributed by atoms with Crippen molar-refractivity contribution in [2.45, 2.75) is 38.1 Å². The standard InChI is InChI=1S/C17H22ClFN6O4S/c18-13-7-11(3-6-14(13)19)8-15(23-26)16-17(25-29-24-16)22-12-4-1-10(2-5-12)9-21-30(20,27)28/h3,6-7,10,12,21,26H,1-2,4-5,8-9H2,(H,22,25)(H2,20,27,28). The number of nitrogens with two attached hydrogens (primary N) is 1. The van der Waals surface area contributed by atoms with Crippen LogP contribution in [-0.2, 0) is 16.6 Å². The summed E-state index contributed by atoms with van der Waals surface area (Å²) in [7, 11) is -3.69. The van der Waals surface area contributed by atoms with Gasteiger partial charge in [-0.25, -0.2) is 18.9 Å². The van der Waals surface area contributed by atoms with Gasteiger partial charge in [-0.15, -0.1) is 0 Å². The maximum Gasteiger partial charge on any atom is 0.274 e. The van der Waals surface area contributed by atoms with E-state index in [1.807, 2.05) is 0 Å². The summed E-state index contributed by atoms with van der Waals surface area (Å²) in [5.74, 6) is -0.000541. The first-order chi connectivity index (χ1) is 14.2. The van der Waals surface area contributed by atoms with Gasteiger partial charge in [0.05, 0.1) is 5.02 Å². The van der Waals surface area contributed by atoms with E-state index >= 15 is 0 Å². The first-order valence-corrected chi connectivity index (χ1v) is 11.2.